The highest BCUT2D eigenvalue weighted by molar-refractivity contribution is 7.09. The van der Waals surface area contributed by atoms with E-state index in [-0.39, 0.29) is 11.9 Å². The van der Waals surface area contributed by atoms with Crippen LogP contribution in [0, 0.1) is 19.3 Å². The maximum absolute atomic E-state index is 7.88. The van der Waals surface area contributed by atoms with Crippen molar-refractivity contribution < 1.29 is 0 Å². The second-order valence-electron chi connectivity index (χ2n) is 5.32. The monoisotopic (exact) mass is 303 g/mol. The fourth-order valence-electron chi connectivity index (χ4n) is 2.19. The van der Waals surface area contributed by atoms with Gasteiger partial charge in [0.2, 0.25) is 0 Å². The number of thiophene rings is 1. The zero-order chi connectivity index (χ0) is 15.6. The van der Waals surface area contributed by atoms with Crippen molar-refractivity contribution in [3.8, 4) is 0 Å². The molecular weight excluding hydrogens is 282 g/mol. The van der Waals surface area contributed by atoms with Crippen molar-refractivity contribution in [1.29, 1.82) is 5.41 Å². The summed E-state index contributed by atoms with van der Waals surface area (Å²) >= 11 is 1.71. The first-order chi connectivity index (χ1) is 9.91. The average molecular weight is 303 g/mol. The van der Waals surface area contributed by atoms with Crippen molar-refractivity contribution in [2.75, 3.05) is 4.90 Å². The molecule has 0 spiro atoms. The summed E-state index contributed by atoms with van der Waals surface area (Å²) in [7, 11) is 0. The Kier molecular flexibility index (Phi) is 4.57. The van der Waals surface area contributed by atoms with Gasteiger partial charge >= 0.3 is 0 Å². The van der Waals surface area contributed by atoms with E-state index in [2.05, 4.69) is 40.4 Å². The minimum atomic E-state index is 0.0392. The topological polar surface area (TPSA) is 78.9 Å². The van der Waals surface area contributed by atoms with E-state index in [1.807, 2.05) is 19.9 Å². The molecule has 3 N–H and O–H groups in total. The number of nitrogen functional groups attached to an aromatic ring is 1. The summed E-state index contributed by atoms with van der Waals surface area (Å²) in [5.41, 5.74) is 8.20. The Morgan fingerprint density at radius 2 is 2.10 bits per heavy atom. The highest BCUT2D eigenvalue weighted by atomic mass is 32.1. The standard InChI is InChI=1S/C15H21N5S/c1-9(2)20(8-12-6-5-7-21-12)15-13(14(16)17)10(3)11(4)18-19-15/h5-7,9H,8H2,1-4H3,(H3,16,17). The largest absolute Gasteiger partial charge is 0.384 e. The van der Waals surface area contributed by atoms with Crippen LogP contribution in [0.4, 0.5) is 5.82 Å². The number of hydrogen-bond acceptors (Lipinski definition) is 5. The first-order valence-electron chi connectivity index (χ1n) is 6.89. The molecule has 0 bridgehead atoms. The lowest BCUT2D eigenvalue weighted by Gasteiger charge is -2.29. The molecule has 21 heavy (non-hydrogen) atoms. The second kappa shape index (κ2) is 6.22. The van der Waals surface area contributed by atoms with Crippen LogP contribution in [0.1, 0.15) is 35.5 Å². The van der Waals surface area contributed by atoms with Gasteiger partial charge in [0.25, 0.3) is 0 Å². The molecular formula is C15H21N5S. The number of nitrogens with two attached hydrogens (primary N) is 1. The van der Waals surface area contributed by atoms with Crippen LogP contribution in [0.5, 0.6) is 0 Å². The summed E-state index contributed by atoms with van der Waals surface area (Å²) in [6.07, 6.45) is 0. The number of aromatic nitrogens is 2. The van der Waals surface area contributed by atoms with Gasteiger partial charge in [0.05, 0.1) is 17.8 Å². The summed E-state index contributed by atoms with van der Waals surface area (Å²) < 4.78 is 0. The van der Waals surface area contributed by atoms with Crippen LogP contribution in [0.25, 0.3) is 0 Å². The number of nitrogens with zero attached hydrogens (tertiary/aromatic N) is 3. The fourth-order valence-corrected chi connectivity index (χ4v) is 2.89. The predicted molar refractivity (Wildman–Crippen MR) is 88.2 cm³/mol. The molecule has 0 radical (unpaired) electrons. The Hall–Kier alpha value is -1.95. The molecule has 2 heterocycles. The van der Waals surface area contributed by atoms with E-state index in [4.69, 9.17) is 11.1 Å². The van der Waals surface area contributed by atoms with Crippen LogP contribution in [0.15, 0.2) is 17.5 Å². The van der Waals surface area contributed by atoms with Crippen molar-refractivity contribution in [3.63, 3.8) is 0 Å². The van der Waals surface area contributed by atoms with E-state index in [1.54, 1.807) is 11.3 Å². The quantitative estimate of drug-likeness (QED) is 0.657. The lowest BCUT2D eigenvalue weighted by atomic mass is 10.1. The Labute approximate surface area is 129 Å². The summed E-state index contributed by atoms with van der Waals surface area (Å²) in [6.45, 7) is 8.78. The van der Waals surface area contributed by atoms with Crippen LogP contribution in [-0.2, 0) is 6.54 Å². The molecule has 0 aliphatic heterocycles. The SMILES string of the molecule is Cc1nnc(N(Cc2cccs2)C(C)C)c(C(=N)N)c1C. The molecule has 5 nitrogen and oxygen atoms in total. The molecule has 0 aliphatic carbocycles. The van der Waals surface area contributed by atoms with E-state index < -0.39 is 0 Å². The first kappa shape index (κ1) is 15.4. The van der Waals surface area contributed by atoms with Crippen molar-refractivity contribution >= 4 is 23.0 Å². The van der Waals surface area contributed by atoms with Gasteiger partial charge in [-0.25, -0.2) is 0 Å². The third-order valence-electron chi connectivity index (χ3n) is 3.51. The van der Waals surface area contributed by atoms with Crippen LogP contribution < -0.4 is 10.6 Å². The molecule has 2 rings (SSSR count). The van der Waals surface area contributed by atoms with Crippen LogP contribution in [0.3, 0.4) is 0 Å². The maximum atomic E-state index is 7.88. The number of hydrogen-bond donors (Lipinski definition) is 2. The summed E-state index contributed by atoms with van der Waals surface area (Å²) in [5, 5.41) is 18.5. The number of amidine groups is 1. The Bertz CT molecular complexity index is 634. The van der Waals surface area contributed by atoms with Gasteiger partial charge in [0.15, 0.2) is 5.82 Å². The fraction of sp³-hybridized carbons (Fsp3) is 0.400. The molecule has 2 aromatic heterocycles. The van der Waals surface area contributed by atoms with E-state index >= 15 is 0 Å². The third kappa shape index (κ3) is 3.21. The van der Waals surface area contributed by atoms with Gasteiger partial charge in [0, 0.05) is 10.9 Å². The maximum Gasteiger partial charge on any atom is 0.163 e. The van der Waals surface area contributed by atoms with Gasteiger partial charge < -0.3 is 10.6 Å². The molecule has 0 saturated heterocycles. The molecule has 0 fully saturated rings. The molecule has 6 heteroatoms. The van der Waals surface area contributed by atoms with Gasteiger partial charge in [0.1, 0.15) is 5.84 Å². The Balaban J connectivity index is 2.50. The number of rotatable bonds is 5. The van der Waals surface area contributed by atoms with Gasteiger partial charge in [-0.2, -0.15) is 5.10 Å². The van der Waals surface area contributed by atoms with Crippen molar-refractivity contribution in [3.05, 3.63) is 39.2 Å². The van der Waals surface area contributed by atoms with Crippen molar-refractivity contribution in [2.24, 2.45) is 5.73 Å². The van der Waals surface area contributed by atoms with Gasteiger partial charge in [-0.15, -0.1) is 16.4 Å². The van der Waals surface area contributed by atoms with Crippen molar-refractivity contribution in [1.82, 2.24) is 10.2 Å². The minimum absolute atomic E-state index is 0.0392. The molecule has 2 aromatic rings. The predicted octanol–water partition coefficient (Wildman–Crippen LogP) is 2.85. The molecule has 112 valence electrons. The number of anilines is 1. The molecule has 0 unspecified atom stereocenters. The van der Waals surface area contributed by atoms with Crippen LogP contribution in [0.2, 0.25) is 0 Å². The zero-order valence-corrected chi connectivity index (χ0v) is 13.7. The van der Waals surface area contributed by atoms with E-state index in [1.165, 1.54) is 4.88 Å². The summed E-state index contributed by atoms with van der Waals surface area (Å²) in [4.78, 5) is 3.39. The zero-order valence-electron chi connectivity index (χ0n) is 12.8. The molecule has 0 atom stereocenters. The highest BCUT2D eigenvalue weighted by Crippen LogP contribution is 2.26. The molecule has 0 aliphatic rings. The molecule has 0 amide bonds. The number of aryl methyl sites for hydroxylation is 1. The smallest absolute Gasteiger partial charge is 0.163 e. The average Bonchev–Trinajstić information content (AvgIpc) is 2.91. The number of nitrogens with one attached hydrogen (secondary N) is 1. The second-order valence-corrected chi connectivity index (χ2v) is 6.36. The van der Waals surface area contributed by atoms with Gasteiger partial charge in [-0.05, 0) is 44.7 Å². The van der Waals surface area contributed by atoms with Crippen LogP contribution >= 0.6 is 11.3 Å². The lowest BCUT2D eigenvalue weighted by molar-refractivity contribution is 0.667. The van der Waals surface area contributed by atoms with Crippen molar-refractivity contribution in [2.45, 2.75) is 40.3 Å². The normalized spacial score (nSPS) is 10.9. The van der Waals surface area contributed by atoms with E-state index in [9.17, 15) is 0 Å². The van der Waals surface area contributed by atoms with E-state index in [0.29, 0.717) is 11.4 Å². The molecule has 0 aromatic carbocycles. The molecule has 0 saturated carbocycles. The highest BCUT2D eigenvalue weighted by Gasteiger charge is 2.21. The van der Waals surface area contributed by atoms with Gasteiger partial charge in [-0.3, -0.25) is 5.41 Å². The third-order valence-corrected chi connectivity index (χ3v) is 4.37. The summed E-state index contributed by atoms with van der Waals surface area (Å²) in [6, 6.07) is 4.37. The lowest BCUT2D eigenvalue weighted by Crippen LogP contribution is -2.34. The van der Waals surface area contributed by atoms with Crippen LogP contribution in [-0.4, -0.2) is 22.1 Å². The first-order valence-corrected chi connectivity index (χ1v) is 7.77. The Morgan fingerprint density at radius 3 is 2.62 bits per heavy atom. The minimum Gasteiger partial charge on any atom is -0.384 e. The van der Waals surface area contributed by atoms with Gasteiger partial charge in [-0.1, -0.05) is 6.07 Å². The summed E-state index contributed by atoms with van der Waals surface area (Å²) in [5.74, 6) is 0.728. The van der Waals surface area contributed by atoms with E-state index in [0.717, 1.165) is 17.8 Å². The Morgan fingerprint density at radius 1 is 1.38 bits per heavy atom.